The molecule has 4 nitrogen and oxygen atoms in total. The summed E-state index contributed by atoms with van der Waals surface area (Å²) in [5.74, 6) is 0.428. The highest BCUT2D eigenvalue weighted by atomic mass is 79.9. The van der Waals surface area contributed by atoms with Crippen LogP contribution >= 0.6 is 15.9 Å². The largest absolute Gasteiger partial charge is 0.490 e. The lowest BCUT2D eigenvalue weighted by atomic mass is 10.2. The Balaban J connectivity index is 2.12. The van der Waals surface area contributed by atoms with Gasteiger partial charge in [-0.2, -0.15) is 0 Å². The summed E-state index contributed by atoms with van der Waals surface area (Å²) in [6.07, 6.45) is 0. The molecule has 1 aromatic rings. The Morgan fingerprint density at radius 3 is 2.84 bits per heavy atom. The summed E-state index contributed by atoms with van der Waals surface area (Å²) >= 11 is 3.31. The van der Waals surface area contributed by atoms with Crippen LogP contribution in [-0.4, -0.2) is 50.4 Å². The zero-order chi connectivity index (χ0) is 13.7. The van der Waals surface area contributed by atoms with E-state index < -0.39 is 6.67 Å². The molecule has 0 unspecified atom stereocenters. The molecule has 0 saturated carbocycles. The van der Waals surface area contributed by atoms with Gasteiger partial charge in [-0.1, -0.05) is 0 Å². The van der Waals surface area contributed by atoms with Crippen LogP contribution in [0.4, 0.5) is 4.39 Å². The summed E-state index contributed by atoms with van der Waals surface area (Å²) in [5, 5.41) is 0. The Bertz CT molecular complexity index is 450. The smallest absolute Gasteiger partial charge is 0.254 e. The maximum atomic E-state index is 12.3. The molecule has 1 fully saturated rings. The average Bonchev–Trinajstić information content (AvgIpc) is 2.46. The number of carbonyl (C=O) groups excluding carboxylic acids is 1. The monoisotopic (exact) mass is 331 g/mol. The van der Waals surface area contributed by atoms with E-state index in [1.807, 2.05) is 0 Å². The first kappa shape index (κ1) is 14.3. The number of hydrogen-bond acceptors (Lipinski definition) is 3. The molecule has 0 radical (unpaired) electrons. The van der Waals surface area contributed by atoms with Crippen LogP contribution in [-0.2, 0) is 4.74 Å². The van der Waals surface area contributed by atoms with Crippen molar-refractivity contribution in [1.82, 2.24) is 4.90 Å². The van der Waals surface area contributed by atoms with Crippen molar-refractivity contribution in [1.29, 1.82) is 0 Å². The first-order chi connectivity index (χ1) is 9.22. The van der Waals surface area contributed by atoms with Crippen LogP contribution < -0.4 is 4.74 Å². The molecule has 0 aromatic heterocycles. The summed E-state index contributed by atoms with van der Waals surface area (Å²) in [4.78, 5) is 14.0. The number of nitrogens with zero attached hydrogens (tertiary/aromatic N) is 1. The number of ether oxygens (including phenoxy) is 2. The zero-order valence-corrected chi connectivity index (χ0v) is 12.0. The lowest BCUT2D eigenvalue weighted by Crippen LogP contribution is -2.40. The quantitative estimate of drug-likeness (QED) is 0.849. The molecule has 0 bridgehead atoms. The molecule has 1 aliphatic heterocycles. The van der Waals surface area contributed by atoms with Gasteiger partial charge in [0, 0.05) is 18.7 Å². The molecule has 6 heteroatoms. The van der Waals surface area contributed by atoms with Crippen LogP contribution in [0.3, 0.4) is 0 Å². The molecular weight excluding hydrogens is 317 g/mol. The first-order valence-corrected chi connectivity index (χ1v) is 6.87. The number of rotatable bonds is 4. The van der Waals surface area contributed by atoms with Crippen LogP contribution in [0.5, 0.6) is 5.75 Å². The van der Waals surface area contributed by atoms with Crippen molar-refractivity contribution in [2.75, 3.05) is 39.6 Å². The standard InChI is InChI=1S/C13H15BrFNO3/c14-11-2-1-10(9-12(11)19-6-3-15)13(17)16-4-7-18-8-5-16/h1-2,9H,3-8H2. The van der Waals surface area contributed by atoms with Gasteiger partial charge in [-0.25, -0.2) is 4.39 Å². The summed E-state index contributed by atoms with van der Waals surface area (Å²) in [6.45, 7) is 1.73. The summed E-state index contributed by atoms with van der Waals surface area (Å²) in [7, 11) is 0. The van der Waals surface area contributed by atoms with E-state index in [0.29, 0.717) is 42.1 Å². The fraction of sp³-hybridized carbons (Fsp3) is 0.462. The second-order valence-electron chi connectivity index (χ2n) is 4.09. The van der Waals surface area contributed by atoms with E-state index in [0.717, 1.165) is 0 Å². The van der Waals surface area contributed by atoms with Crippen LogP contribution in [0, 0.1) is 0 Å². The molecule has 1 aliphatic rings. The van der Waals surface area contributed by atoms with Gasteiger partial charge < -0.3 is 14.4 Å². The Hall–Kier alpha value is -1.14. The van der Waals surface area contributed by atoms with Gasteiger partial charge in [0.15, 0.2) is 0 Å². The van der Waals surface area contributed by atoms with E-state index in [1.54, 1.807) is 23.1 Å². The predicted molar refractivity (Wildman–Crippen MR) is 72.3 cm³/mol. The van der Waals surface area contributed by atoms with E-state index in [-0.39, 0.29) is 12.5 Å². The Morgan fingerprint density at radius 2 is 2.16 bits per heavy atom. The lowest BCUT2D eigenvalue weighted by Gasteiger charge is -2.27. The van der Waals surface area contributed by atoms with E-state index in [4.69, 9.17) is 9.47 Å². The molecule has 0 N–H and O–H groups in total. The van der Waals surface area contributed by atoms with Gasteiger partial charge in [-0.15, -0.1) is 0 Å². The van der Waals surface area contributed by atoms with Gasteiger partial charge in [0.2, 0.25) is 0 Å². The molecule has 1 heterocycles. The number of benzene rings is 1. The van der Waals surface area contributed by atoms with Crippen molar-refractivity contribution < 1.29 is 18.7 Å². The molecular formula is C13H15BrFNO3. The van der Waals surface area contributed by atoms with Crippen LogP contribution in [0.2, 0.25) is 0 Å². The van der Waals surface area contributed by atoms with E-state index in [2.05, 4.69) is 15.9 Å². The number of hydrogen-bond donors (Lipinski definition) is 0. The van der Waals surface area contributed by atoms with Crippen molar-refractivity contribution >= 4 is 21.8 Å². The minimum Gasteiger partial charge on any atom is -0.490 e. The fourth-order valence-electron chi connectivity index (χ4n) is 1.84. The zero-order valence-electron chi connectivity index (χ0n) is 10.4. The van der Waals surface area contributed by atoms with E-state index in [1.165, 1.54) is 0 Å². The molecule has 1 aromatic carbocycles. The summed E-state index contributed by atoms with van der Waals surface area (Å²) in [5.41, 5.74) is 0.541. The summed E-state index contributed by atoms with van der Waals surface area (Å²) in [6, 6.07) is 5.10. The summed E-state index contributed by atoms with van der Waals surface area (Å²) < 4.78 is 23.3. The number of amides is 1. The van der Waals surface area contributed by atoms with Gasteiger partial charge in [0.05, 0.1) is 17.7 Å². The van der Waals surface area contributed by atoms with Gasteiger partial charge in [-0.3, -0.25) is 4.79 Å². The highest BCUT2D eigenvalue weighted by Gasteiger charge is 2.19. The Labute approximate surface area is 119 Å². The highest BCUT2D eigenvalue weighted by molar-refractivity contribution is 9.10. The van der Waals surface area contributed by atoms with Gasteiger partial charge in [-0.05, 0) is 34.1 Å². The number of halogens is 2. The van der Waals surface area contributed by atoms with Crippen molar-refractivity contribution in [2.24, 2.45) is 0 Å². The maximum absolute atomic E-state index is 12.3. The number of morpholine rings is 1. The third-order valence-electron chi connectivity index (χ3n) is 2.81. The topological polar surface area (TPSA) is 38.8 Å². The van der Waals surface area contributed by atoms with Crippen molar-refractivity contribution in [3.8, 4) is 5.75 Å². The molecule has 19 heavy (non-hydrogen) atoms. The first-order valence-electron chi connectivity index (χ1n) is 6.07. The second-order valence-corrected chi connectivity index (χ2v) is 4.94. The van der Waals surface area contributed by atoms with E-state index >= 15 is 0 Å². The lowest BCUT2D eigenvalue weighted by molar-refractivity contribution is 0.0302. The Morgan fingerprint density at radius 1 is 1.42 bits per heavy atom. The average molecular weight is 332 g/mol. The van der Waals surface area contributed by atoms with Crippen molar-refractivity contribution in [3.05, 3.63) is 28.2 Å². The molecule has 0 atom stereocenters. The molecule has 1 amide bonds. The van der Waals surface area contributed by atoms with Gasteiger partial charge in [0.25, 0.3) is 5.91 Å². The third-order valence-corrected chi connectivity index (χ3v) is 3.47. The highest BCUT2D eigenvalue weighted by Crippen LogP contribution is 2.26. The van der Waals surface area contributed by atoms with Crippen LogP contribution in [0.15, 0.2) is 22.7 Å². The van der Waals surface area contributed by atoms with Crippen LogP contribution in [0.1, 0.15) is 10.4 Å². The van der Waals surface area contributed by atoms with Gasteiger partial charge >= 0.3 is 0 Å². The molecule has 104 valence electrons. The molecule has 0 spiro atoms. The van der Waals surface area contributed by atoms with E-state index in [9.17, 15) is 9.18 Å². The minimum atomic E-state index is -0.561. The SMILES string of the molecule is O=C(c1ccc(Br)c(OCCF)c1)N1CCOCC1. The predicted octanol–water partition coefficient (Wildman–Crippen LogP) is 2.27. The number of carbonyl (C=O) groups is 1. The fourth-order valence-corrected chi connectivity index (χ4v) is 2.21. The van der Waals surface area contributed by atoms with Crippen molar-refractivity contribution in [3.63, 3.8) is 0 Å². The van der Waals surface area contributed by atoms with Crippen molar-refractivity contribution in [2.45, 2.75) is 0 Å². The second kappa shape index (κ2) is 6.86. The Kier molecular flexibility index (Phi) is 5.15. The van der Waals surface area contributed by atoms with Gasteiger partial charge in [0.1, 0.15) is 19.0 Å². The molecule has 2 rings (SSSR count). The minimum absolute atomic E-state index is 0.0200. The third kappa shape index (κ3) is 3.67. The normalized spacial score (nSPS) is 15.4. The maximum Gasteiger partial charge on any atom is 0.254 e. The number of alkyl halides is 1. The molecule has 1 saturated heterocycles. The van der Waals surface area contributed by atoms with Crippen LogP contribution in [0.25, 0.3) is 0 Å². The molecule has 0 aliphatic carbocycles.